The molecular weight excluding hydrogens is 410 g/mol. The van der Waals surface area contributed by atoms with Gasteiger partial charge in [-0.05, 0) is 73.9 Å². The van der Waals surface area contributed by atoms with E-state index in [4.69, 9.17) is 0 Å². The van der Waals surface area contributed by atoms with Crippen molar-refractivity contribution in [2.24, 2.45) is 5.92 Å². The molecule has 2 aromatic rings. The van der Waals surface area contributed by atoms with Gasteiger partial charge in [-0.15, -0.1) is 0 Å². The molecule has 2 amide bonds. The van der Waals surface area contributed by atoms with E-state index < -0.39 is 11.1 Å². The molecule has 1 N–H and O–H groups in total. The first-order valence-corrected chi connectivity index (χ1v) is 11.3. The summed E-state index contributed by atoms with van der Waals surface area (Å²) >= 11 is -1.26. The average molecular weight is 433 g/mol. The van der Waals surface area contributed by atoms with Crippen molar-refractivity contribution in [3.8, 4) is 10.4 Å². The molecule has 154 valence electrons. The number of aryl methyl sites for hydroxylation is 1. The highest BCUT2D eigenvalue weighted by molar-refractivity contribution is 7.79. The summed E-state index contributed by atoms with van der Waals surface area (Å²) in [7, 11) is 0. The van der Waals surface area contributed by atoms with Gasteiger partial charge in [-0.1, -0.05) is 11.3 Å². The van der Waals surface area contributed by atoms with Crippen LogP contribution in [0.15, 0.2) is 17.0 Å². The molecular formula is C20H22N3O4S2-. The maximum Gasteiger partial charge on any atom is 0.256 e. The number of anilines is 1. The van der Waals surface area contributed by atoms with Gasteiger partial charge in [0.15, 0.2) is 5.13 Å². The van der Waals surface area contributed by atoms with E-state index in [1.807, 2.05) is 13.0 Å². The van der Waals surface area contributed by atoms with Gasteiger partial charge in [0.05, 0.1) is 16.1 Å². The summed E-state index contributed by atoms with van der Waals surface area (Å²) in [5.41, 5.74) is 2.07. The zero-order chi connectivity index (χ0) is 21.1. The standard InChI is InChI=1S/C20H23N3O4S2/c1-10-17(28-19(21-10)22-11(2)24)12-7-13-9-23(20(3,4)14-5-6-14)18(25)16(13)15(8-12)29(26)27/h7-8,14H,5-6,9H2,1-4H3,(H,26,27)(H,21,22,24)/p-1. The maximum absolute atomic E-state index is 13.1. The summed E-state index contributed by atoms with van der Waals surface area (Å²) in [6.07, 6.45) is 2.18. The topological polar surface area (TPSA) is 102 Å². The van der Waals surface area contributed by atoms with Crippen LogP contribution >= 0.6 is 11.3 Å². The van der Waals surface area contributed by atoms with Gasteiger partial charge in [0.2, 0.25) is 5.91 Å². The highest BCUT2D eigenvalue weighted by atomic mass is 32.2. The van der Waals surface area contributed by atoms with Crippen molar-refractivity contribution in [1.82, 2.24) is 9.88 Å². The Bertz CT molecular complexity index is 1060. The largest absolute Gasteiger partial charge is 0.768 e. The molecule has 1 aliphatic heterocycles. The summed E-state index contributed by atoms with van der Waals surface area (Å²) in [4.78, 5) is 31.4. The molecule has 1 aromatic carbocycles. The van der Waals surface area contributed by atoms with E-state index in [9.17, 15) is 18.4 Å². The first-order valence-electron chi connectivity index (χ1n) is 9.43. The average Bonchev–Trinajstić information content (AvgIpc) is 3.35. The lowest BCUT2D eigenvalue weighted by atomic mass is 9.96. The highest BCUT2D eigenvalue weighted by Crippen LogP contribution is 2.47. The van der Waals surface area contributed by atoms with Gasteiger partial charge in [-0.3, -0.25) is 13.8 Å². The number of hydrogen-bond donors (Lipinski definition) is 1. The smallest absolute Gasteiger partial charge is 0.256 e. The van der Waals surface area contributed by atoms with Crippen LogP contribution in [0.1, 0.15) is 55.2 Å². The summed E-state index contributed by atoms with van der Waals surface area (Å²) in [6.45, 7) is 7.72. The molecule has 1 aromatic heterocycles. The van der Waals surface area contributed by atoms with E-state index in [0.717, 1.165) is 17.7 Å². The number of amides is 2. The number of nitrogens with zero attached hydrogens (tertiary/aromatic N) is 2. The number of fused-ring (bicyclic) bond motifs is 1. The summed E-state index contributed by atoms with van der Waals surface area (Å²) in [5.74, 6) is 0.0112. The van der Waals surface area contributed by atoms with Crippen LogP contribution in [0.5, 0.6) is 0 Å². The minimum absolute atomic E-state index is 0.0190. The van der Waals surface area contributed by atoms with E-state index in [1.165, 1.54) is 24.3 Å². The molecule has 0 saturated heterocycles. The number of aromatic nitrogens is 1. The first kappa shape index (κ1) is 20.2. The number of carbonyl (C=O) groups is 2. The van der Waals surface area contributed by atoms with Crippen molar-refractivity contribution >= 4 is 39.4 Å². The predicted octanol–water partition coefficient (Wildman–Crippen LogP) is 3.46. The van der Waals surface area contributed by atoms with Crippen molar-refractivity contribution in [3.63, 3.8) is 0 Å². The molecule has 29 heavy (non-hydrogen) atoms. The van der Waals surface area contributed by atoms with Gasteiger partial charge < -0.3 is 14.8 Å². The van der Waals surface area contributed by atoms with Crippen molar-refractivity contribution in [3.05, 3.63) is 29.0 Å². The zero-order valence-electron chi connectivity index (χ0n) is 16.7. The minimum Gasteiger partial charge on any atom is -0.768 e. The Labute approximate surface area is 175 Å². The molecule has 1 atom stereocenters. The summed E-state index contributed by atoms with van der Waals surface area (Å²) in [5, 5.41) is 3.12. The molecule has 0 bridgehead atoms. The van der Waals surface area contributed by atoms with Crippen LogP contribution in [-0.4, -0.2) is 36.0 Å². The fraction of sp³-hybridized carbons (Fsp3) is 0.450. The monoisotopic (exact) mass is 432 g/mol. The Kier molecular flexibility index (Phi) is 4.87. The molecule has 1 unspecified atom stereocenters. The maximum atomic E-state index is 13.1. The molecule has 0 spiro atoms. The number of benzene rings is 1. The highest BCUT2D eigenvalue weighted by Gasteiger charge is 2.47. The van der Waals surface area contributed by atoms with Gasteiger partial charge >= 0.3 is 0 Å². The molecule has 4 rings (SSSR count). The SMILES string of the molecule is CC(=O)Nc1nc(C)c(-c2cc3c(c(S(=O)[O-])c2)C(=O)N(C(C)(C)C2CC2)C3)s1. The zero-order valence-corrected chi connectivity index (χ0v) is 18.3. The van der Waals surface area contributed by atoms with Gasteiger partial charge in [-0.25, -0.2) is 4.98 Å². The molecule has 1 aliphatic carbocycles. The van der Waals surface area contributed by atoms with Crippen molar-refractivity contribution in [2.45, 2.75) is 57.5 Å². The summed E-state index contributed by atoms with van der Waals surface area (Å²) < 4.78 is 24.0. The second kappa shape index (κ2) is 7.00. The molecule has 1 saturated carbocycles. The van der Waals surface area contributed by atoms with E-state index in [1.54, 1.807) is 4.90 Å². The molecule has 0 radical (unpaired) electrons. The van der Waals surface area contributed by atoms with E-state index in [2.05, 4.69) is 24.1 Å². The van der Waals surface area contributed by atoms with Crippen LogP contribution in [0.2, 0.25) is 0 Å². The number of nitrogens with one attached hydrogen (secondary N) is 1. The quantitative estimate of drug-likeness (QED) is 0.729. The minimum atomic E-state index is -2.54. The lowest BCUT2D eigenvalue weighted by molar-refractivity contribution is -0.114. The van der Waals surface area contributed by atoms with Gasteiger partial charge in [-0.2, -0.15) is 0 Å². The molecule has 2 heterocycles. The second-order valence-corrected chi connectivity index (χ2v) is 10.1. The van der Waals surface area contributed by atoms with E-state index in [0.29, 0.717) is 34.4 Å². The van der Waals surface area contributed by atoms with Crippen LogP contribution in [0.25, 0.3) is 10.4 Å². The fourth-order valence-corrected chi connectivity index (χ4v) is 5.63. The van der Waals surface area contributed by atoms with Crippen LogP contribution in [0.4, 0.5) is 5.13 Å². The van der Waals surface area contributed by atoms with Crippen LogP contribution in [-0.2, 0) is 22.4 Å². The van der Waals surface area contributed by atoms with Crippen molar-refractivity contribution < 1.29 is 18.4 Å². The van der Waals surface area contributed by atoms with Gasteiger partial charge in [0.25, 0.3) is 5.91 Å². The van der Waals surface area contributed by atoms with E-state index in [-0.39, 0.29) is 27.8 Å². The number of hydrogen-bond acceptors (Lipinski definition) is 6. The van der Waals surface area contributed by atoms with Gasteiger partial charge in [0, 0.05) is 23.9 Å². The molecule has 1 fully saturated rings. The predicted molar refractivity (Wildman–Crippen MR) is 110 cm³/mol. The Hall–Kier alpha value is -2.10. The lowest BCUT2D eigenvalue weighted by Gasteiger charge is -2.36. The first-order chi connectivity index (χ1) is 13.6. The fourth-order valence-electron chi connectivity index (χ4n) is 4.02. The third kappa shape index (κ3) is 3.51. The Morgan fingerprint density at radius 2 is 2.07 bits per heavy atom. The van der Waals surface area contributed by atoms with Crippen LogP contribution < -0.4 is 5.32 Å². The molecule has 9 heteroatoms. The summed E-state index contributed by atoms with van der Waals surface area (Å²) in [6, 6.07) is 3.41. The Morgan fingerprint density at radius 3 is 2.66 bits per heavy atom. The number of rotatable bonds is 5. The Balaban J connectivity index is 1.79. The third-order valence-corrected chi connectivity index (χ3v) is 7.57. The lowest BCUT2D eigenvalue weighted by Crippen LogP contribution is -2.45. The van der Waals surface area contributed by atoms with Crippen LogP contribution in [0, 0.1) is 12.8 Å². The van der Waals surface area contributed by atoms with Crippen LogP contribution in [0.3, 0.4) is 0 Å². The van der Waals surface area contributed by atoms with Crippen molar-refractivity contribution in [2.75, 3.05) is 5.32 Å². The Morgan fingerprint density at radius 1 is 1.38 bits per heavy atom. The second-order valence-electron chi connectivity index (χ2n) is 8.18. The number of carbonyl (C=O) groups excluding carboxylic acids is 2. The third-order valence-electron chi connectivity index (χ3n) is 5.76. The van der Waals surface area contributed by atoms with Crippen molar-refractivity contribution in [1.29, 1.82) is 0 Å². The number of thiazole rings is 1. The molecule has 7 nitrogen and oxygen atoms in total. The normalized spacial score (nSPS) is 17.4. The van der Waals surface area contributed by atoms with E-state index >= 15 is 0 Å². The van der Waals surface area contributed by atoms with Gasteiger partial charge in [0.1, 0.15) is 0 Å². The molecule has 2 aliphatic rings.